The number of hydrogen-bond donors (Lipinski definition) is 1. The molecule has 0 bridgehead atoms. The number of benzene rings is 1. The number of aromatic nitrogens is 1. The average molecular weight is 295 g/mol. The summed E-state index contributed by atoms with van der Waals surface area (Å²) < 4.78 is 1.68. The second-order valence-corrected chi connectivity index (χ2v) is 5.07. The summed E-state index contributed by atoms with van der Waals surface area (Å²) in [4.78, 5) is 24.6. The fraction of sp³-hybridized carbons (Fsp3) is 0.235. The molecule has 0 aliphatic carbocycles. The Hall–Kier alpha value is -2.87. The number of hydrogen-bond acceptors (Lipinski definition) is 3. The van der Waals surface area contributed by atoms with E-state index >= 15 is 0 Å². The summed E-state index contributed by atoms with van der Waals surface area (Å²) in [6, 6.07) is 11.0. The lowest BCUT2D eigenvalue weighted by Gasteiger charge is -2.06. The van der Waals surface area contributed by atoms with Gasteiger partial charge in [-0.1, -0.05) is 18.2 Å². The highest BCUT2D eigenvalue weighted by molar-refractivity contribution is 6.09. The molecule has 1 heterocycles. The number of para-hydroxylation sites is 1. The van der Waals surface area contributed by atoms with Gasteiger partial charge in [0.2, 0.25) is 0 Å². The predicted octanol–water partition coefficient (Wildman–Crippen LogP) is 2.99. The molecule has 0 spiro atoms. The van der Waals surface area contributed by atoms with Gasteiger partial charge in [0.1, 0.15) is 6.42 Å². The Labute approximate surface area is 129 Å². The second-order valence-electron chi connectivity index (χ2n) is 5.07. The normalized spacial score (nSPS) is 10.1. The molecule has 1 aromatic heterocycles. The van der Waals surface area contributed by atoms with Crippen molar-refractivity contribution >= 4 is 17.4 Å². The molecule has 0 radical (unpaired) electrons. The van der Waals surface area contributed by atoms with Crippen molar-refractivity contribution in [1.82, 2.24) is 4.57 Å². The molecule has 2 aromatic rings. The van der Waals surface area contributed by atoms with E-state index in [1.807, 2.05) is 24.3 Å². The van der Waals surface area contributed by atoms with Crippen LogP contribution in [0, 0.1) is 25.2 Å². The van der Waals surface area contributed by atoms with Gasteiger partial charge in [0.05, 0.1) is 17.3 Å². The first kappa shape index (κ1) is 15.5. The lowest BCUT2D eigenvalue weighted by atomic mass is 10.1. The molecule has 0 aliphatic rings. The largest absolute Gasteiger partial charge is 0.345 e. The van der Waals surface area contributed by atoms with Gasteiger partial charge in [-0.15, -0.1) is 0 Å². The quantitative estimate of drug-likeness (QED) is 0.881. The minimum Gasteiger partial charge on any atom is -0.345 e. The number of amides is 1. The highest BCUT2D eigenvalue weighted by atomic mass is 16.1. The lowest BCUT2D eigenvalue weighted by Crippen LogP contribution is -2.14. The number of carbonyl (C=O) groups excluding carboxylic acids is 2. The predicted molar refractivity (Wildman–Crippen MR) is 83.8 cm³/mol. The van der Waals surface area contributed by atoms with Crippen LogP contribution in [0.2, 0.25) is 0 Å². The number of carbonyl (C=O) groups is 2. The van der Waals surface area contributed by atoms with Crippen LogP contribution in [0.25, 0.3) is 0 Å². The van der Waals surface area contributed by atoms with Crippen molar-refractivity contribution in [3.63, 3.8) is 0 Å². The first-order valence-corrected chi connectivity index (χ1v) is 6.89. The van der Waals surface area contributed by atoms with Crippen LogP contribution in [0.5, 0.6) is 0 Å². The van der Waals surface area contributed by atoms with Gasteiger partial charge in [-0.05, 0) is 31.5 Å². The Morgan fingerprint density at radius 1 is 1.23 bits per heavy atom. The van der Waals surface area contributed by atoms with E-state index in [0.29, 0.717) is 28.2 Å². The lowest BCUT2D eigenvalue weighted by molar-refractivity contribution is 0.0988. The maximum Gasteiger partial charge on any atom is 0.257 e. The van der Waals surface area contributed by atoms with E-state index in [9.17, 15) is 9.59 Å². The molecule has 22 heavy (non-hydrogen) atoms. The molecule has 5 heteroatoms. The summed E-state index contributed by atoms with van der Waals surface area (Å²) >= 11 is 0. The van der Waals surface area contributed by atoms with Gasteiger partial charge in [-0.3, -0.25) is 9.59 Å². The third-order valence-corrected chi connectivity index (χ3v) is 3.69. The van der Waals surface area contributed by atoms with Gasteiger partial charge in [0, 0.05) is 18.4 Å². The van der Waals surface area contributed by atoms with Crippen molar-refractivity contribution in [2.45, 2.75) is 20.3 Å². The van der Waals surface area contributed by atoms with E-state index in [4.69, 9.17) is 5.26 Å². The summed E-state index contributed by atoms with van der Waals surface area (Å²) in [5.74, 6) is -0.530. The monoisotopic (exact) mass is 295 g/mol. The van der Waals surface area contributed by atoms with Gasteiger partial charge in [-0.2, -0.15) is 5.26 Å². The van der Waals surface area contributed by atoms with Crippen LogP contribution in [0.1, 0.15) is 38.5 Å². The SMILES string of the molecule is Cc1c(C(=O)Nc2ccccc2)c(C)n(C)c1C(=O)CC#N. The molecule has 0 saturated carbocycles. The zero-order valence-corrected chi connectivity index (χ0v) is 12.8. The van der Waals surface area contributed by atoms with Crippen LogP contribution < -0.4 is 5.32 Å². The number of rotatable bonds is 4. The van der Waals surface area contributed by atoms with Crippen molar-refractivity contribution < 1.29 is 9.59 Å². The van der Waals surface area contributed by atoms with Crippen LogP contribution >= 0.6 is 0 Å². The van der Waals surface area contributed by atoms with E-state index in [1.54, 1.807) is 37.6 Å². The van der Waals surface area contributed by atoms with Gasteiger partial charge in [0.25, 0.3) is 5.91 Å². The van der Waals surface area contributed by atoms with E-state index in [2.05, 4.69) is 5.32 Å². The number of nitrogens with zero attached hydrogens (tertiary/aromatic N) is 2. The number of nitrogens with one attached hydrogen (secondary N) is 1. The van der Waals surface area contributed by atoms with Crippen molar-refractivity contribution in [1.29, 1.82) is 5.26 Å². The third kappa shape index (κ3) is 2.77. The van der Waals surface area contributed by atoms with Gasteiger partial charge in [0.15, 0.2) is 5.78 Å². The van der Waals surface area contributed by atoms with Gasteiger partial charge < -0.3 is 9.88 Å². The van der Waals surface area contributed by atoms with Crippen molar-refractivity contribution in [2.24, 2.45) is 7.05 Å². The maximum absolute atomic E-state index is 12.5. The van der Waals surface area contributed by atoms with E-state index < -0.39 is 0 Å². The standard InChI is InChI=1S/C17H17N3O2/c1-11-15(17(22)19-13-7-5-4-6-8-13)12(2)20(3)16(11)14(21)9-10-18/h4-8H,9H2,1-3H3,(H,19,22). The highest BCUT2D eigenvalue weighted by Crippen LogP contribution is 2.23. The van der Waals surface area contributed by atoms with Crippen LogP contribution in [-0.2, 0) is 7.05 Å². The van der Waals surface area contributed by atoms with E-state index in [-0.39, 0.29) is 18.1 Å². The summed E-state index contributed by atoms with van der Waals surface area (Å²) in [6.07, 6.45) is -0.197. The minimum absolute atomic E-state index is 0.197. The summed E-state index contributed by atoms with van der Waals surface area (Å²) in [7, 11) is 1.73. The molecule has 2 rings (SSSR count). The molecule has 1 N–H and O–H groups in total. The number of nitriles is 1. The fourth-order valence-electron chi connectivity index (χ4n) is 2.58. The minimum atomic E-state index is -0.274. The van der Waals surface area contributed by atoms with E-state index in [0.717, 1.165) is 0 Å². The topological polar surface area (TPSA) is 74.9 Å². The first-order chi connectivity index (χ1) is 10.5. The Balaban J connectivity index is 2.40. The molecule has 0 saturated heterocycles. The second kappa shape index (κ2) is 6.27. The molecular weight excluding hydrogens is 278 g/mol. The molecule has 5 nitrogen and oxygen atoms in total. The molecule has 0 aliphatic heterocycles. The van der Waals surface area contributed by atoms with Gasteiger partial charge >= 0.3 is 0 Å². The average Bonchev–Trinajstić information content (AvgIpc) is 2.70. The summed E-state index contributed by atoms with van der Waals surface area (Å²) in [5.41, 5.74) is 2.89. The maximum atomic E-state index is 12.5. The van der Waals surface area contributed by atoms with Crippen LogP contribution in [0.15, 0.2) is 30.3 Å². The summed E-state index contributed by atoms with van der Waals surface area (Å²) in [5, 5.41) is 11.5. The zero-order chi connectivity index (χ0) is 16.3. The van der Waals surface area contributed by atoms with E-state index in [1.165, 1.54) is 0 Å². The molecular formula is C17H17N3O2. The molecule has 0 unspecified atom stereocenters. The van der Waals surface area contributed by atoms with Crippen LogP contribution in [0.3, 0.4) is 0 Å². The third-order valence-electron chi connectivity index (χ3n) is 3.69. The number of ketones is 1. The van der Waals surface area contributed by atoms with Crippen LogP contribution in [-0.4, -0.2) is 16.3 Å². The molecule has 0 atom stereocenters. The smallest absolute Gasteiger partial charge is 0.257 e. The summed E-state index contributed by atoms with van der Waals surface area (Å²) in [6.45, 7) is 3.52. The fourth-order valence-corrected chi connectivity index (χ4v) is 2.58. The van der Waals surface area contributed by atoms with Crippen LogP contribution in [0.4, 0.5) is 5.69 Å². The molecule has 112 valence electrons. The Morgan fingerprint density at radius 2 is 1.86 bits per heavy atom. The first-order valence-electron chi connectivity index (χ1n) is 6.89. The highest BCUT2D eigenvalue weighted by Gasteiger charge is 2.24. The molecule has 1 amide bonds. The van der Waals surface area contributed by atoms with Crippen molar-refractivity contribution in [2.75, 3.05) is 5.32 Å². The Morgan fingerprint density at radius 3 is 2.45 bits per heavy atom. The molecule has 0 fully saturated rings. The van der Waals surface area contributed by atoms with Gasteiger partial charge in [-0.25, -0.2) is 0 Å². The molecule has 1 aromatic carbocycles. The number of anilines is 1. The van der Waals surface area contributed by atoms with Crippen molar-refractivity contribution in [3.8, 4) is 6.07 Å². The Bertz CT molecular complexity index is 767. The number of Topliss-reactive ketones (excluding diaryl/α,β-unsaturated/α-hetero) is 1. The Kier molecular flexibility index (Phi) is 4.42. The zero-order valence-electron chi connectivity index (χ0n) is 12.8. The van der Waals surface area contributed by atoms with Crippen molar-refractivity contribution in [3.05, 3.63) is 52.8 Å².